The van der Waals surface area contributed by atoms with Crippen LogP contribution in [0, 0.1) is 0 Å². The molecule has 0 bridgehead atoms. The molecule has 2 aromatic rings. The van der Waals surface area contributed by atoms with Gasteiger partial charge in [-0.1, -0.05) is 49.1 Å². The molecule has 0 aliphatic carbocycles. The summed E-state index contributed by atoms with van der Waals surface area (Å²) in [6.07, 6.45) is 5.88. The summed E-state index contributed by atoms with van der Waals surface area (Å²) in [5.41, 5.74) is 2.25. The van der Waals surface area contributed by atoms with E-state index in [0.29, 0.717) is 13.2 Å². The SMILES string of the molecule is C=Cc1ccc(OCCOc2ccc(/C=C/C)cc2)cc1. The monoisotopic (exact) mass is 280 g/mol. The first kappa shape index (κ1) is 14.9. The summed E-state index contributed by atoms with van der Waals surface area (Å²) >= 11 is 0. The highest BCUT2D eigenvalue weighted by Gasteiger charge is 1.96. The summed E-state index contributed by atoms with van der Waals surface area (Å²) in [5, 5.41) is 0. The van der Waals surface area contributed by atoms with Crippen LogP contribution < -0.4 is 9.47 Å². The van der Waals surface area contributed by atoms with Gasteiger partial charge in [-0.05, 0) is 42.3 Å². The minimum atomic E-state index is 0.518. The number of benzene rings is 2. The Hall–Kier alpha value is -2.48. The van der Waals surface area contributed by atoms with E-state index in [2.05, 4.69) is 12.7 Å². The number of hydrogen-bond donors (Lipinski definition) is 0. The Labute approximate surface area is 126 Å². The standard InChI is InChI=1S/C19H20O2/c1-3-5-17-8-12-19(13-9-17)21-15-14-20-18-10-6-16(4-2)7-11-18/h3-13H,2,14-15H2,1H3/b5-3+. The molecular formula is C19H20O2. The summed E-state index contributed by atoms with van der Waals surface area (Å²) in [6.45, 7) is 6.76. The molecule has 2 heteroatoms. The van der Waals surface area contributed by atoms with Crippen LogP contribution in [0.5, 0.6) is 11.5 Å². The Balaban J connectivity index is 1.74. The van der Waals surface area contributed by atoms with Gasteiger partial charge in [0.15, 0.2) is 0 Å². The van der Waals surface area contributed by atoms with Gasteiger partial charge in [0.2, 0.25) is 0 Å². The van der Waals surface area contributed by atoms with E-state index in [1.165, 1.54) is 5.56 Å². The average Bonchev–Trinajstić information content (AvgIpc) is 2.54. The zero-order valence-corrected chi connectivity index (χ0v) is 12.3. The van der Waals surface area contributed by atoms with Crippen molar-refractivity contribution in [2.24, 2.45) is 0 Å². The molecular weight excluding hydrogens is 260 g/mol. The van der Waals surface area contributed by atoms with Crippen LogP contribution in [0.4, 0.5) is 0 Å². The van der Waals surface area contributed by atoms with Crippen molar-refractivity contribution in [1.29, 1.82) is 0 Å². The number of hydrogen-bond acceptors (Lipinski definition) is 2. The summed E-state index contributed by atoms with van der Waals surface area (Å²) < 4.78 is 11.3. The lowest BCUT2D eigenvalue weighted by atomic mass is 10.2. The third-order valence-electron chi connectivity index (χ3n) is 2.98. The normalized spacial score (nSPS) is 10.5. The molecule has 2 nitrogen and oxygen atoms in total. The fraction of sp³-hybridized carbons (Fsp3) is 0.158. The Morgan fingerprint density at radius 2 is 1.29 bits per heavy atom. The molecule has 0 saturated carbocycles. The van der Waals surface area contributed by atoms with Crippen molar-refractivity contribution < 1.29 is 9.47 Å². The van der Waals surface area contributed by atoms with Crippen LogP contribution in [0.1, 0.15) is 18.1 Å². The molecule has 0 spiro atoms. The van der Waals surface area contributed by atoms with Crippen molar-refractivity contribution in [2.75, 3.05) is 13.2 Å². The third-order valence-corrected chi connectivity index (χ3v) is 2.98. The van der Waals surface area contributed by atoms with Gasteiger partial charge in [0.1, 0.15) is 24.7 Å². The van der Waals surface area contributed by atoms with Crippen LogP contribution in [-0.2, 0) is 0 Å². The molecule has 0 N–H and O–H groups in total. The topological polar surface area (TPSA) is 18.5 Å². The molecule has 21 heavy (non-hydrogen) atoms. The summed E-state index contributed by atoms with van der Waals surface area (Å²) in [6, 6.07) is 15.8. The first-order chi connectivity index (χ1) is 10.3. The molecule has 0 aromatic heterocycles. The van der Waals surface area contributed by atoms with E-state index in [9.17, 15) is 0 Å². The molecule has 0 atom stereocenters. The van der Waals surface area contributed by atoms with E-state index >= 15 is 0 Å². The van der Waals surface area contributed by atoms with Gasteiger partial charge in [-0.3, -0.25) is 0 Å². The molecule has 0 aliphatic rings. The second kappa shape index (κ2) is 7.95. The van der Waals surface area contributed by atoms with E-state index in [1.807, 2.05) is 67.6 Å². The van der Waals surface area contributed by atoms with Gasteiger partial charge in [0.25, 0.3) is 0 Å². The van der Waals surface area contributed by atoms with E-state index in [4.69, 9.17) is 9.47 Å². The largest absolute Gasteiger partial charge is 0.490 e. The first-order valence-electron chi connectivity index (χ1n) is 7.02. The Morgan fingerprint density at radius 3 is 1.71 bits per heavy atom. The summed E-state index contributed by atoms with van der Waals surface area (Å²) in [7, 11) is 0. The highest BCUT2D eigenvalue weighted by atomic mass is 16.5. The van der Waals surface area contributed by atoms with Crippen LogP contribution in [0.3, 0.4) is 0 Å². The van der Waals surface area contributed by atoms with Crippen molar-refractivity contribution in [3.05, 3.63) is 72.3 Å². The second-order valence-corrected chi connectivity index (χ2v) is 4.54. The maximum atomic E-state index is 5.64. The lowest BCUT2D eigenvalue weighted by Crippen LogP contribution is -2.08. The highest BCUT2D eigenvalue weighted by molar-refractivity contribution is 5.50. The lowest BCUT2D eigenvalue weighted by Gasteiger charge is -2.08. The summed E-state index contributed by atoms with van der Waals surface area (Å²) in [4.78, 5) is 0. The molecule has 108 valence electrons. The molecule has 0 unspecified atom stereocenters. The molecule has 2 rings (SSSR count). The minimum Gasteiger partial charge on any atom is -0.490 e. The van der Waals surface area contributed by atoms with Crippen LogP contribution in [0.25, 0.3) is 12.2 Å². The minimum absolute atomic E-state index is 0.518. The molecule has 0 amide bonds. The fourth-order valence-electron chi connectivity index (χ4n) is 1.89. The smallest absolute Gasteiger partial charge is 0.122 e. The molecule has 0 radical (unpaired) electrons. The maximum Gasteiger partial charge on any atom is 0.122 e. The molecule has 0 saturated heterocycles. The highest BCUT2D eigenvalue weighted by Crippen LogP contribution is 2.14. The maximum absolute atomic E-state index is 5.64. The fourth-order valence-corrected chi connectivity index (χ4v) is 1.89. The van der Waals surface area contributed by atoms with E-state index in [1.54, 1.807) is 0 Å². The Morgan fingerprint density at radius 1 is 0.810 bits per heavy atom. The predicted molar refractivity (Wildman–Crippen MR) is 88.7 cm³/mol. The van der Waals surface area contributed by atoms with Crippen molar-refractivity contribution >= 4 is 12.2 Å². The lowest BCUT2D eigenvalue weighted by molar-refractivity contribution is 0.217. The van der Waals surface area contributed by atoms with Crippen LogP contribution >= 0.6 is 0 Å². The van der Waals surface area contributed by atoms with Gasteiger partial charge >= 0.3 is 0 Å². The zero-order valence-electron chi connectivity index (χ0n) is 12.3. The van der Waals surface area contributed by atoms with Gasteiger partial charge in [-0.25, -0.2) is 0 Å². The first-order valence-corrected chi connectivity index (χ1v) is 7.02. The van der Waals surface area contributed by atoms with Crippen molar-refractivity contribution in [1.82, 2.24) is 0 Å². The Kier molecular flexibility index (Phi) is 5.65. The Bertz CT molecular complexity index is 580. The third kappa shape index (κ3) is 4.84. The van der Waals surface area contributed by atoms with Crippen LogP contribution in [0.2, 0.25) is 0 Å². The van der Waals surface area contributed by atoms with Gasteiger partial charge in [0, 0.05) is 0 Å². The number of ether oxygens (including phenoxy) is 2. The van der Waals surface area contributed by atoms with Crippen molar-refractivity contribution in [2.45, 2.75) is 6.92 Å². The molecule has 0 aliphatic heterocycles. The second-order valence-electron chi connectivity index (χ2n) is 4.54. The summed E-state index contributed by atoms with van der Waals surface area (Å²) in [5.74, 6) is 1.70. The van der Waals surface area contributed by atoms with Crippen molar-refractivity contribution in [3.8, 4) is 11.5 Å². The molecule has 2 aromatic carbocycles. The van der Waals surface area contributed by atoms with Gasteiger partial charge in [0.05, 0.1) is 0 Å². The van der Waals surface area contributed by atoms with E-state index in [0.717, 1.165) is 17.1 Å². The van der Waals surface area contributed by atoms with Crippen LogP contribution in [0.15, 0.2) is 61.2 Å². The van der Waals surface area contributed by atoms with E-state index in [-0.39, 0.29) is 0 Å². The molecule has 0 fully saturated rings. The van der Waals surface area contributed by atoms with Gasteiger partial charge in [-0.15, -0.1) is 0 Å². The molecule has 0 heterocycles. The number of rotatable bonds is 7. The van der Waals surface area contributed by atoms with Gasteiger partial charge in [-0.2, -0.15) is 0 Å². The quantitative estimate of drug-likeness (QED) is 0.677. The number of allylic oxidation sites excluding steroid dienone is 1. The van der Waals surface area contributed by atoms with Gasteiger partial charge < -0.3 is 9.47 Å². The average molecular weight is 280 g/mol. The zero-order chi connectivity index (χ0) is 14.9. The van der Waals surface area contributed by atoms with Crippen molar-refractivity contribution in [3.63, 3.8) is 0 Å². The van der Waals surface area contributed by atoms with Crippen LogP contribution in [-0.4, -0.2) is 13.2 Å². The van der Waals surface area contributed by atoms with E-state index < -0.39 is 0 Å². The predicted octanol–water partition coefficient (Wildman–Crippen LogP) is 4.82.